The summed E-state index contributed by atoms with van der Waals surface area (Å²) in [7, 11) is 0. The van der Waals surface area contributed by atoms with Crippen LogP contribution in [0.4, 0.5) is 15.0 Å². The van der Waals surface area contributed by atoms with Gasteiger partial charge in [-0.25, -0.2) is 14.7 Å². The number of anilines is 1. The molecule has 0 saturated carbocycles. The maximum Gasteiger partial charge on any atom is 0.407 e. The highest BCUT2D eigenvalue weighted by atomic mass is 35.5. The SMILES string of the molecule is Cc1[nH]c(C(=O)N(C(=O)F)C2CCN(c3cc(C(N)=O)cc(Cl)n3)CC2)c(C)c1Cl. The minimum Gasteiger partial charge on any atom is -0.366 e. The Balaban J connectivity index is 1.78. The van der Waals surface area contributed by atoms with E-state index in [0.29, 0.717) is 52.9 Å². The van der Waals surface area contributed by atoms with Crippen molar-refractivity contribution >= 4 is 47.0 Å². The van der Waals surface area contributed by atoms with E-state index in [4.69, 9.17) is 28.9 Å². The number of piperidine rings is 1. The molecule has 0 spiro atoms. The van der Waals surface area contributed by atoms with Crippen LogP contribution in [-0.2, 0) is 0 Å². The van der Waals surface area contributed by atoms with Crippen LogP contribution in [0.2, 0.25) is 10.2 Å². The van der Waals surface area contributed by atoms with E-state index in [0.717, 1.165) is 0 Å². The molecule has 0 aromatic carbocycles. The molecule has 30 heavy (non-hydrogen) atoms. The third-order valence-corrected chi connectivity index (χ3v) is 5.95. The Kier molecular flexibility index (Phi) is 6.33. The smallest absolute Gasteiger partial charge is 0.366 e. The van der Waals surface area contributed by atoms with Crippen molar-refractivity contribution in [2.75, 3.05) is 18.0 Å². The highest BCUT2D eigenvalue weighted by Crippen LogP contribution is 2.28. The van der Waals surface area contributed by atoms with E-state index < -0.39 is 24.0 Å². The number of carbonyl (C=O) groups excluding carboxylic acids is 3. The number of imide groups is 1. The number of nitrogens with two attached hydrogens (primary N) is 1. The van der Waals surface area contributed by atoms with Gasteiger partial charge in [0.15, 0.2) is 0 Å². The first kappa shape index (κ1) is 22.0. The Hall–Kier alpha value is -2.65. The number of aromatic nitrogens is 2. The lowest BCUT2D eigenvalue weighted by Gasteiger charge is -2.36. The summed E-state index contributed by atoms with van der Waals surface area (Å²) in [6, 6.07) is 2.25. The van der Waals surface area contributed by atoms with Crippen molar-refractivity contribution in [2.24, 2.45) is 5.73 Å². The summed E-state index contributed by atoms with van der Waals surface area (Å²) in [5.74, 6) is -0.947. The summed E-state index contributed by atoms with van der Waals surface area (Å²) in [6.45, 7) is 4.06. The van der Waals surface area contributed by atoms with Gasteiger partial charge in [-0.2, -0.15) is 0 Å². The number of aromatic amines is 1. The molecule has 0 atom stereocenters. The highest BCUT2D eigenvalue weighted by molar-refractivity contribution is 6.32. The van der Waals surface area contributed by atoms with Gasteiger partial charge in [0.1, 0.15) is 16.7 Å². The van der Waals surface area contributed by atoms with Crippen LogP contribution < -0.4 is 10.6 Å². The molecule has 3 rings (SSSR count). The molecule has 1 saturated heterocycles. The lowest BCUT2D eigenvalue weighted by molar-refractivity contribution is 0.0682. The van der Waals surface area contributed by atoms with E-state index in [-0.39, 0.29) is 16.4 Å². The molecule has 0 radical (unpaired) electrons. The molecule has 3 amide bonds. The van der Waals surface area contributed by atoms with Crippen LogP contribution in [0.25, 0.3) is 0 Å². The van der Waals surface area contributed by atoms with Crippen molar-refractivity contribution in [1.29, 1.82) is 0 Å². The number of H-pyrrole nitrogens is 1. The molecular formula is C19H20Cl2FN5O3. The number of rotatable bonds is 4. The number of nitrogens with one attached hydrogen (secondary N) is 1. The Labute approximate surface area is 182 Å². The predicted molar refractivity (Wildman–Crippen MR) is 111 cm³/mol. The fraction of sp³-hybridized carbons (Fsp3) is 0.368. The number of carbonyl (C=O) groups is 3. The topological polar surface area (TPSA) is 112 Å². The second-order valence-electron chi connectivity index (χ2n) is 7.11. The summed E-state index contributed by atoms with van der Waals surface area (Å²) in [6.07, 6.45) is -1.19. The zero-order valence-electron chi connectivity index (χ0n) is 16.3. The minimum absolute atomic E-state index is 0.0912. The van der Waals surface area contributed by atoms with Crippen LogP contribution >= 0.6 is 23.2 Å². The van der Waals surface area contributed by atoms with Gasteiger partial charge in [0, 0.05) is 30.4 Å². The minimum atomic E-state index is -1.82. The molecule has 0 aliphatic carbocycles. The zero-order valence-corrected chi connectivity index (χ0v) is 17.8. The lowest BCUT2D eigenvalue weighted by atomic mass is 10.0. The standard InChI is InChI=1S/C19H20Cl2FN5O3/c1-9-15(21)10(2)24-16(9)18(29)27(19(22)30)12-3-5-26(6-4-12)14-8-11(17(23)28)7-13(20)25-14/h7-8,12,24H,3-6H2,1-2H3,(H2,23,28). The van der Waals surface area contributed by atoms with Gasteiger partial charge in [-0.05, 0) is 44.4 Å². The largest absolute Gasteiger partial charge is 0.407 e. The number of amides is 3. The van der Waals surface area contributed by atoms with Gasteiger partial charge in [-0.3, -0.25) is 9.59 Å². The fourth-order valence-corrected chi connectivity index (χ4v) is 3.94. The third-order valence-electron chi connectivity index (χ3n) is 5.19. The summed E-state index contributed by atoms with van der Waals surface area (Å²) in [5, 5.41) is 0.491. The molecule has 1 aliphatic heterocycles. The van der Waals surface area contributed by atoms with E-state index in [9.17, 15) is 18.8 Å². The molecular weight excluding hydrogens is 436 g/mol. The molecule has 0 bridgehead atoms. The van der Waals surface area contributed by atoms with Crippen LogP contribution in [0.5, 0.6) is 0 Å². The summed E-state index contributed by atoms with van der Waals surface area (Å²) >= 11 is 12.1. The van der Waals surface area contributed by atoms with E-state index in [1.54, 1.807) is 13.8 Å². The Bertz CT molecular complexity index is 1020. The Morgan fingerprint density at radius 2 is 1.87 bits per heavy atom. The quantitative estimate of drug-likeness (QED) is 0.415. The fourth-order valence-electron chi connectivity index (χ4n) is 3.59. The van der Waals surface area contributed by atoms with E-state index in [2.05, 4.69) is 9.97 Å². The first-order valence-electron chi connectivity index (χ1n) is 9.20. The molecule has 11 heteroatoms. The third kappa shape index (κ3) is 4.27. The van der Waals surface area contributed by atoms with Crippen LogP contribution in [-0.4, -0.2) is 52.0 Å². The molecule has 3 N–H and O–H groups in total. The van der Waals surface area contributed by atoms with Gasteiger partial charge in [-0.1, -0.05) is 23.2 Å². The van der Waals surface area contributed by atoms with E-state index in [1.165, 1.54) is 12.1 Å². The van der Waals surface area contributed by atoms with Crippen LogP contribution in [0.3, 0.4) is 0 Å². The molecule has 1 aliphatic rings. The van der Waals surface area contributed by atoms with E-state index >= 15 is 0 Å². The van der Waals surface area contributed by atoms with Gasteiger partial charge < -0.3 is 15.6 Å². The molecule has 8 nitrogen and oxygen atoms in total. The maximum absolute atomic E-state index is 13.9. The van der Waals surface area contributed by atoms with Gasteiger partial charge in [-0.15, -0.1) is 4.39 Å². The number of hydrogen-bond acceptors (Lipinski definition) is 5. The summed E-state index contributed by atoms with van der Waals surface area (Å²) in [5.41, 5.74) is 6.65. The second-order valence-corrected chi connectivity index (χ2v) is 7.88. The second kappa shape index (κ2) is 8.61. The number of pyridine rings is 1. The number of nitrogens with zero attached hydrogens (tertiary/aromatic N) is 3. The van der Waals surface area contributed by atoms with Gasteiger partial charge in [0.05, 0.1) is 5.02 Å². The maximum atomic E-state index is 13.9. The molecule has 2 aromatic rings. The van der Waals surface area contributed by atoms with E-state index in [1.807, 2.05) is 4.90 Å². The normalized spacial score (nSPS) is 14.6. The summed E-state index contributed by atoms with van der Waals surface area (Å²) < 4.78 is 13.9. The number of halogens is 3. The lowest BCUT2D eigenvalue weighted by Crippen LogP contribution is -2.49. The zero-order chi connectivity index (χ0) is 22.2. The van der Waals surface area contributed by atoms with Gasteiger partial charge in [0.2, 0.25) is 5.91 Å². The Morgan fingerprint density at radius 3 is 2.37 bits per heavy atom. The number of aryl methyl sites for hydroxylation is 1. The molecule has 0 unspecified atom stereocenters. The highest BCUT2D eigenvalue weighted by Gasteiger charge is 2.35. The first-order chi connectivity index (χ1) is 14.1. The molecule has 1 fully saturated rings. The van der Waals surface area contributed by atoms with Crippen LogP contribution in [0.15, 0.2) is 12.1 Å². The number of primary amides is 1. The molecule has 160 valence electrons. The van der Waals surface area contributed by atoms with Crippen molar-refractivity contribution in [3.63, 3.8) is 0 Å². The first-order valence-corrected chi connectivity index (χ1v) is 9.95. The van der Waals surface area contributed by atoms with Crippen molar-refractivity contribution in [3.8, 4) is 0 Å². The van der Waals surface area contributed by atoms with Crippen molar-refractivity contribution in [1.82, 2.24) is 14.9 Å². The van der Waals surface area contributed by atoms with Crippen molar-refractivity contribution < 1.29 is 18.8 Å². The summed E-state index contributed by atoms with van der Waals surface area (Å²) in [4.78, 5) is 45.5. The Morgan fingerprint density at radius 1 is 1.23 bits per heavy atom. The van der Waals surface area contributed by atoms with Crippen molar-refractivity contribution in [2.45, 2.75) is 32.7 Å². The van der Waals surface area contributed by atoms with Crippen LogP contribution in [0.1, 0.15) is 44.9 Å². The van der Waals surface area contributed by atoms with Crippen molar-refractivity contribution in [3.05, 3.63) is 44.8 Å². The number of hydrogen-bond donors (Lipinski definition) is 2. The average Bonchev–Trinajstić information content (AvgIpc) is 2.95. The monoisotopic (exact) mass is 455 g/mol. The average molecular weight is 456 g/mol. The van der Waals surface area contributed by atoms with Gasteiger partial charge >= 0.3 is 6.16 Å². The predicted octanol–water partition coefficient (Wildman–Crippen LogP) is 3.63. The van der Waals surface area contributed by atoms with Crippen LogP contribution in [0, 0.1) is 13.8 Å². The molecule has 3 heterocycles. The molecule has 2 aromatic heterocycles. The van der Waals surface area contributed by atoms with Gasteiger partial charge in [0.25, 0.3) is 5.91 Å².